The van der Waals surface area contributed by atoms with Gasteiger partial charge >= 0.3 is 5.97 Å². The average molecular weight is 408 g/mol. The number of rotatable bonds is 7. The Morgan fingerprint density at radius 3 is 2.53 bits per heavy atom. The van der Waals surface area contributed by atoms with Crippen LogP contribution in [0.1, 0.15) is 30.0 Å². The molecule has 1 aliphatic carbocycles. The average Bonchev–Trinajstić information content (AvgIpc) is 2.70. The molecule has 0 atom stereocenters. The second-order valence-corrected chi connectivity index (χ2v) is 7.37. The van der Waals surface area contributed by atoms with Gasteiger partial charge in [0.1, 0.15) is 18.2 Å². The molecule has 1 saturated carbocycles. The zero-order valence-corrected chi connectivity index (χ0v) is 16.4. The summed E-state index contributed by atoms with van der Waals surface area (Å²) in [5.41, 5.74) is 3.11. The van der Waals surface area contributed by atoms with Gasteiger partial charge in [-0.2, -0.15) is 5.10 Å². The van der Waals surface area contributed by atoms with Crippen molar-refractivity contribution in [2.75, 3.05) is 6.61 Å². The van der Waals surface area contributed by atoms with Crippen molar-refractivity contribution in [2.24, 2.45) is 0 Å². The van der Waals surface area contributed by atoms with Gasteiger partial charge in [0.2, 0.25) is 5.88 Å². The monoisotopic (exact) mass is 408 g/mol. The first-order valence-electron chi connectivity index (χ1n) is 9.69. The lowest BCUT2D eigenvalue weighted by Crippen LogP contribution is -2.31. The molecular formula is C23H21FN2O4. The lowest BCUT2D eigenvalue weighted by Gasteiger charge is -2.35. The number of benzene rings is 2. The molecule has 30 heavy (non-hydrogen) atoms. The molecule has 2 aromatic carbocycles. The lowest BCUT2D eigenvalue weighted by atomic mass is 9.77. The van der Waals surface area contributed by atoms with Crippen LogP contribution in [0.2, 0.25) is 0 Å². The first kappa shape index (κ1) is 20.0. The van der Waals surface area contributed by atoms with Crippen LogP contribution in [0.5, 0.6) is 11.6 Å². The van der Waals surface area contributed by atoms with Crippen molar-refractivity contribution in [3.63, 3.8) is 0 Å². The zero-order chi connectivity index (χ0) is 21.1. The Kier molecular flexibility index (Phi) is 5.72. The Morgan fingerprint density at radius 2 is 1.87 bits per heavy atom. The van der Waals surface area contributed by atoms with Gasteiger partial charge in [-0.25, -0.2) is 9.18 Å². The summed E-state index contributed by atoms with van der Waals surface area (Å²) < 4.78 is 25.4. The molecule has 1 aliphatic rings. The molecule has 0 radical (unpaired) electrons. The zero-order valence-electron chi connectivity index (χ0n) is 16.4. The van der Waals surface area contributed by atoms with E-state index in [9.17, 15) is 9.18 Å². The van der Waals surface area contributed by atoms with Crippen LogP contribution in [0.25, 0.3) is 11.1 Å². The molecule has 1 aromatic heterocycles. The molecule has 0 bridgehead atoms. The predicted octanol–water partition coefficient (Wildman–Crippen LogP) is 4.73. The van der Waals surface area contributed by atoms with Gasteiger partial charge in [0, 0.05) is 11.6 Å². The first-order chi connectivity index (χ1) is 14.5. The fourth-order valence-electron chi connectivity index (χ4n) is 3.45. The maximum absolute atomic E-state index is 14.4. The van der Waals surface area contributed by atoms with Gasteiger partial charge in [0.15, 0.2) is 0 Å². The molecule has 0 unspecified atom stereocenters. The minimum atomic E-state index is -0.953. The Labute approximate surface area is 173 Å². The van der Waals surface area contributed by atoms with Crippen molar-refractivity contribution >= 4 is 5.97 Å². The first-order valence-corrected chi connectivity index (χ1v) is 9.69. The predicted molar refractivity (Wildman–Crippen MR) is 108 cm³/mol. The molecule has 0 saturated heterocycles. The van der Waals surface area contributed by atoms with Crippen LogP contribution < -0.4 is 4.74 Å². The maximum Gasteiger partial charge on any atom is 0.329 e. The van der Waals surface area contributed by atoms with E-state index >= 15 is 0 Å². The number of carboxylic acid groups (broad SMARTS) is 1. The van der Waals surface area contributed by atoms with Crippen molar-refractivity contribution in [1.29, 1.82) is 0 Å². The van der Waals surface area contributed by atoms with Crippen molar-refractivity contribution in [3.8, 4) is 22.8 Å². The molecular weight excluding hydrogens is 387 g/mol. The smallest absolute Gasteiger partial charge is 0.329 e. The molecule has 4 rings (SSSR count). The largest absolute Gasteiger partial charge is 0.480 e. The minimum absolute atomic E-state index is 0.0121. The molecule has 1 fully saturated rings. The number of ether oxygens (including phenoxy) is 2. The number of hydrogen-bond acceptors (Lipinski definition) is 5. The SMILES string of the molecule is Cc1ccc(Oc2ccc(F)c(-c3ccc(C4CC(OCC(=O)O)C4)cc3)c2)nn1. The van der Waals surface area contributed by atoms with E-state index < -0.39 is 5.97 Å². The topological polar surface area (TPSA) is 81.5 Å². The number of aromatic nitrogens is 2. The number of hydrogen-bond donors (Lipinski definition) is 1. The van der Waals surface area contributed by atoms with E-state index in [1.165, 1.54) is 6.07 Å². The third kappa shape index (κ3) is 4.63. The third-order valence-electron chi connectivity index (χ3n) is 5.16. The van der Waals surface area contributed by atoms with Crippen molar-refractivity contribution in [2.45, 2.75) is 31.8 Å². The van der Waals surface area contributed by atoms with Gasteiger partial charge in [-0.05, 0) is 61.1 Å². The summed E-state index contributed by atoms with van der Waals surface area (Å²) in [7, 11) is 0. The normalized spacial score (nSPS) is 17.9. The van der Waals surface area contributed by atoms with Crippen LogP contribution in [0.15, 0.2) is 54.6 Å². The lowest BCUT2D eigenvalue weighted by molar-refractivity contribution is -0.146. The van der Waals surface area contributed by atoms with Gasteiger partial charge in [-0.15, -0.1) is 5.10 Å². The van der Waals surface area contributed by atoms with Gasteiger partial charge in [0.25, 0.3) is 0 Å². The Hall–Kier alpha value is -3.32. The summed E-state index contributed by atoms with van der Waals surface area (Å²) in [5.74, 6) is -0.136. The molecule has 0 spiro atoms. The summed E-state index contributed by atoms with van der Waals surface area (Å²) in [6, 6.07) is 15.8. The van der Waals surface area contributed by atoms with Crippen LogP contribution in [0.4, 0.5) is 4.39 Å². The van der Waals surface area contributed by atoms with Crippen LogP contribution in [0, 0.1) is 12.7 Å². The fraction of sp³-hybridized carbons (Fsp3) is 0.261. The fourth-order valence-corrected chi connectivity index (χ4v) is 3.45. The highest BCUT2D eigenvalue weighted by Gasteiger charge is 2.31. The van der Waals surface area contributed by atoms with Crippen molar-refractivity contribution in [3.05, 3.63) is 71.7 Å². The number of aryl methyl sites for hydroxylation is 1. The quantitative estimate of drug-likeness (QED) is 0.609. The van der Waals surface area contributed by atoms with Crippen LogP contribution >= 0.6 is 0 Å². The Balaban J connectivity index is 1.44. The summed E-state index contributed by atoms with van der Waals surface area (Å²) >= 11 is 0. The maximum atomic E-state index is 14.4. The van der Waals surface area contributed by atoms with E-state index in [1.54, 1.807) is 24.3 Å². The van der Waals surface area contributed by atoms with E-state index in [1.807, 2.05) is 31.2 Å². The Bertz CT molecular complexity index is 1030. The summed E-state index contributed by atoms with van der Waals surface area (Å²) in [6.45, 7) is 1.57. The molecule has 154 valence electrons. The molecule has 7 heteroatoms. The minimum Gasteiger partial charge on any atom is -0.480 e. The number of nitrogens with zero attached hydrogens (tertiary/aromatic N) is 2. The highest BCUT2D eigenvalue weighted by atomic mass is 19.1. The number of carboxylic acids is 1. The molecule has 0 amide bonds. The number of carbonyl (C=O) groups is 1. The molecule has 6 nitrogen and oxygen atoms in total. The molecule has 1 heterocycles. The number of halogens is 1. The van der Waals surface area contributed by atoms with E-state index in [-0.39, 0.29) is 18.5 Å². The highest BCUT2D eigenvalue weighted by molar-refractivity contribution is 5.68. The standard InChI is InChI=1S/C23H21FN2O4/c1-14-2-9-22(26-25-14)30-18-7-8-21(24)20(12-18)16-5-3-15(4-6-16)17-10-19(11-17)29-13-23(27)28/h2-9,12,17,19H,10-11,13H2,1H3,(H,27,28). The van der Waals surface area contributed by atoms with Gasteiger partial charge in [0.05, 0.1) is 11.8 Å². The van der Waals surface area contributed by atoms with Crippen molar-refractivity contribution < 1.29 is 23.8 Å². The summed E-state index contributed by atoms with van der Waals surface area (Å²) in [6.07, 6.45) is 1.57. The van der Waals surface area contributed by atoms with Crippen molar-refractivity contribution in [1.82, 2.24) is 10.2 Å². The second kappa shape index (κ2) is 8.59. The summed E-state index contributed by atoms with van der Waals surface area (Å²) in [4.78, 5) is 10.6. The molecule has 1 N–H and O–H groups in total. The molecule has 0 aliphatic heterocycles. The van der Waals surface area contributed by atoms with Gasteiger partial charge < -0.3 is 14.6 Å². The molecule has 3 aromatic rings. The van der Waals surface area contributed by atoms with Gasteiger partial charge in [-0.1, -0.05) is 24.3 Å². The van der Waals surface area contributed by atoms with E-state index in [0.717, 1.165) is 29.7 Å². The third-order valence-corrected chi connectivity index (χ3v) is 5.16. The van der Waals surface area contributed by atoms with Crippen LogP contribution in [0.3, 0.4) is 0 Å². The van der Waals surface area contributed by atoms with Gasteiger partial charge in [-0.3, -0.25) is 0 Å². The Morgan fingerprint density at radius 1 is 1.10 bits per heavy atom. The van der Waals surface area contributed by atoms with E-state index in [4.69, 9.17) is 14.6 Å². The van der Waals surface area contributed by atoms with Crippen LogP contribution in [-0.4, -0.2) is 34.0 Å². The highest BCUT2D eigenvalue weighted by Crippen LogP contribution is 2.39. The van der Waals surface area contributed by atoms with E-state index in [0.29, 0.717) is 23.1 Å². The van der Waals surface area contributed by atoms with Crippen LogP contribution in [-0.2, 0) is 9.53 Å². The number of aliphatic carboxylic acids is 1. The summed E-state index contributed by atoms with van der Waals surface area (Å²) in [5, 5.41) is 16.6. The second-order valence-electron chi connectivity index (χ2n) is 7.37. The van der Waals surface area contributed by atoms with E-state index in [2.05, 4.69) is 10.2 Å².